The Morgan fingerprint density at radius 3 is 3.00 bits per heavy atom. The quantitative estimate of drug-likeness (QED) is 0.884. The fourth-order valence-corrected chi connectivity index (χ4v) is 2.61. The summed E-state index contributed by atoms with van der Waals surface area (Å²) in [5.41, 5.74) is 2.22. The molecule has 18 heavy (non-hydrogen) atoms. The smallest absolute Gasteiger partial charge is 0.123 e. The van der Waals surface area contributed by atoms with E-state index in [1.54, 1.807) is 6.07 Å². The molecule has 0 radical (unpaired) electrons. The van der Waals surface area contributed by atoms with Crippen LogP contribution < -0.4 is 5.32 Å². The number of nitrogens with zero attached hydrogens (tertiary/aromatic N) is 1. The lowest BCUT2D eigenvalue weighted by atomic mass is 10.0. The molecule has 0 spiro atoms. The summed E-state index contributed by atoms with van der Waals surface area (Å²) in [4.78, 5) is 2.43. The molecule has 1 aliphatic heterocycles. The summed E-state index contributed by atoms with van der Waals surface area (Å²) in [6.45, 7) is 4.98. The molecule has 0 aliphatic carbocycles. The van der Waals surface area contributed by atoms with E-state index in [2.05, 4.69) is 17.3 Å². The van der Waals surface area contributed by atoms with E-state index in [1.165, 1.54) is 31.9 Å². The van der Waals surface area contributed by atoms with Crippen molar-refractivity contribution in [3.8, 4) is 0 Å². The lowest BCUT2D eigenvalue weighted by Gasteiger charge is -2.32. The standard InChI is InChI=1S/C15H23FN2/c1-12-6-7-14(16)9-13(12)10-17-11-15-5-3-4-8-18(15)2/h6-7,9,15,17H,3-5,8,10-11H2,1-2H3. The van der Waals surface area contributed by atoms with Gasteiger partial charge in [0.1, 0.15) is 5.82 Å². The topological polar surface area (TPSA) is 15.3 Å². The zero-order valence-corrected chi connectivity index (χ0v) is 11.4. The maximum Gasteiger partial charge on any atom is 0.123 e. The Morgan fingerprint density at radius 1 is 1.39 bits per heavy atom. The van der Waals surface area contributed by atoms with Crippen LogP contribution in [0.1, 0.15) is 30.4 Å². The van der Waals surface area contributed by atoms with Crippen LogP contribution in [0.2, 0.25) is 0 Å². The molecule has 0 aromatic heterocycles. The van der Waals surface area contributed by atoms with Crippen molar-refractivity contribution in [3.05, 3.63) is 35.1 Å². The van der Waals surface area contributed by atoms with Crippen molar-refractivity contribution in [1.82, 2.24) is 10.2 Å². The predicted octanol–water partition coefficient (Wildman–Crippen LogP) is 2.71. The number of piperidine rings is 1. The van der Waals surface area contributed by atoms with Crippen molar-refractivity contribution in [1.29, 1.82) is 0 Å². The van der Waals surface area contributed by atoms with Crippen LogP contribution in [-0.4, -0.2) is 31.1 Å². The van der Waals surface area contributed by atoms with Gasteiger partial charge in [0.2, 0.25) is 0 Å². The SMILES string of the molecule is Cc1ccc(F)cc1CNCC1CCCCN1C. The Morgan fingerprint density at radius 2 is 2.22 bits per heavy atom. The molecule has 1 heterocycles. The van der Waals surface area contributed by atoms with E-state index in [4.69, 9.17) is 0 Å². The summed E-state index contributed by atoms with van der Waals surface area (Å²) in [5, 5.41) is 3.46. The Kier molecular flexibility index (Phi) is 4.72. The molecule has 1 atom stereocenters. The predicted molar refractivity (Wildman–Crippen MR) is 73.1 cm³/mol. The Bertz CT molecular complexity index is 392. The molecule has 3 heteroatoms. The van der Waals surface area contributed by atoms with Crippen molar-refractivity contribution in [2.45, 2.75) is 38.8 Å². The number of hydrogen-bond acceptors (Lipinski definition) is 2. The van der Waals surface area contributed by atoms with Gasteiger partial charge in [-0.15, -0.1) is 0 Å². The third kappa shape index (κ3) is 3.53. The van der Waals surface area contributed by atoms with Crippen LogP contribution in [0.3, 0.4) is 0 Å². The van der Waals surface area contributed by atoms with E-state index in [9.17, 15) is 4.39 Å². The molecule has 0 bridgehead atoms. The summed E-state index contributed by atoms with van der Waals surface area (Å²) < 4.78 is 13.2. The van der Waals surface area contributed by atoms with E-state index < -0.39 is 0 Å². The van der Waals surface area contributed by atoms with Gasteiger partial charge in [-0.25, -0.2) is 4.39 Å². The zero-order valence-electron chi connectivity index (χ0n) is 11.4. The van der Waals surface area contributed by atoms with Crippen LogP contribution in [0.5, 0.6) is 0 Å². The monoisotopic (exact) mass is 250 g/mol. The van der Waals surface area contributed by atoms with Gasteiger partial charge in [-0.3, -0.25) is 0 Å². The number of rotatable bonds is 4. The second-order valence-electron chi connectivity index (χ2n) is 5.33. The number of likely N-dealkylation sites (tertiary alicyclic amines) is 1. The van der Waals surface area contributed by atoms with Crippen LogP contribution in [0, 0.1) is 12.7 Å². The zero-order chi connectivity index (χ0) is 13.0. The van der Waals surface area contributed by atoms with Gasteiger partial charge in [-0.05, 0) is 56.6 Å². The van der Waals surface area contributed by atoms with Gasteiger partial charge in [-0.1, -0.05) is 12.5 Å². The minimum atomic E-state index is -0.146. The normalized spacial score (nSPS) is 21.2. The van der Waals surface area contributed by atoms with Crippen LogP contribution in [0.4, 0.5) is 4.39 Å². The van der Waals surface area contributed by atoms with E-state index in [-0.39, 0.29) is 5.82 Å². The second-order valence-corrected chi connectivity index (χ2v) is 5.33. The molecule has 2 rings (SSSR count). The lowest BCUT2D eigenvalue weighted by molar-refractivity contribution is 0.181. The first-order valence-corrected chi connectivity index (χ1v) is 6.83. The molecule has 2 nitrogen and oxygen atoms in total. The highest BCUT2D eigenvalue weighted by Crippen LogP contribution is 2.15. The van der Waals surface area contributed by atoms with Crippen molar-refractivity contribution in [2.75, 3.05) is 20.1 Å². The van der Waals surface area contributed by atoms with E-state index >= 15 is 0 Å². The first kappa shape index (κ1) is 13.5. The first-order chi connectivity index (χ1) is 8.66. The molecule has 1 aliphatic rings. The van der Waals surface area contributed by atoms with Crippen molar-refractivity contribution >= 4 is 0 Å². The van der Waals surface area contributed by atoms with Gasteiger partial charge in [0.05, 0.1) is 0 Å². The Balaban J connectivity index is 1.82. The van der Waals surface area contributed by atoms with Crippen molar-refractivity contribution in [2.24, 2.45) is 0 Å². The molecule has 100 valence electrons. The highest BCUT2D eigenvalue weighted by atomic mass is 19.1. The van der Waals surface area contributed by atoms with Gasteiger partial charge < -0.3 is 10.2 Å². The Hall–Kier alpha value is -0.930. The van der Waals surface area contributed by atoms with Crippen LogP contribution in [-0.2, 0) is 6.54 Å². The molecule has 1 fully saturated rings. The molecule has 1 N–H and O–H groups in total. The molecule has 0 saturated carbocycles. The fraction of sp³-hybridized carbons (Fsp3) is 0.600. The summed E-state index contributed by atoms with van der Waals surface area (Å²) in [5.74, 6) is -0.146. The number of aryl methyl sites for hydroxylation is 1. The van der Waals surface area contributed by atoms with Gasteiger partial charge >= 0.3 is 0 Å². The third-order valence-electron chi connectivity index (χ3n) is 3.93. The molecule has 1 aromatic carbocycles. The van der Waals surface area contributed by atoms with E-state index in [0.29, 0.717) is 6.04 Å². The van der Waals surface area contributed by atoms with E-state index in [1.807, 2.05) is 13.0 Å². The average molecular weight is 250 g/mol. The summed E-state index contributed by atoms with van der Waals surface area (Å²) in [7, 11) is 2.19. The number of nitrogens with one attached hydrogen (secondary N) is 1. The number of benzene rings is 1. The first-order valence-electron chi connectivity index (χ1n) is 6.83. The van der Waals surface area contributed by atoms with Crippen LogP contribution in [0.15, 0.2) is 18.2 Å². The van der Waals surface area contributed by atoms with Gasteiger partial charge in [0.25, 0.3) is 0 Å². The second kappa shape index (κ2) is 6.30. The molecular formula is C15H23FN2. The van der Waals surface area contributed by atoms with Gasteiger partial charge in [0.15, 0.2) is 0 Å². The fourth-order valence-electron chi connectivity index (χ4n) is 2.61. The highest BCUT2D eigenvalue weighted by molar-refractivity contribution is 5.26. The lowest BCUT2D eigenvalue weighted by Crippen LogP contribution is -2.42. The molecule has 0 amide bonds. The molecule has 1 unspecified atom stereocenters. The molecule has 1 aromatic rings. The minimum absolute atomic E-state index is 0.146. The number of hydrogen-bond donors (Lipinski definition) is 1. The van der Waals surface area contributed by atoms with E-state index in [0.717, 1.165) is 24.2 Å². The summed E-state index contributed by atoms with van der Waals surface area (Å²) >= 11 is 0. The number of likely N-dealkylation sites (N-methyl/N-ethyl adjacent to an activating group) is 1. The molecular weight excluding hydrogens is 227 g/mol. The van der Waals surface area contributed by atoms with Crippen molar-refractivity contribution < 1.29 is 4.39 Å². The minimum Gasteiger partial charge on any atom is -0.311 e. The average Bonchev–Trinajstić information content (AvgIpc) is 2.36. The Labute approximate surface area is 109 Å². The molecule has 1 saturated heterocycles. The summed E-state index contributed by atoms with van der Waals surface area (Å²) in [6, 6.07) is 5.63. The van der Waals surface area contributed by atoms with Crippen LogP contribution >= 0.6 is 0 Å². The maximum absolute atomic E-state index is 13.2. The largest absolute Gasteiger partial charge is 0.311 e. The van der Waals surface area contributed by atoms with Crippen LogP contribution in [0.25, 0.3) is 0 Å². The van der Waals surface area contributed by atoms with Gasteiger partial charge in [-0.2, -0.15) is 0 Å². The highest BCUT2D eigenvalue weighted by Gasteiger charge is 2.17. The van der Waals surface area contributed by atoms with Crippen molar-refractivity contribution in [3.63, 3.8) is 0 Å². The van der Waals surface area contributed by atoms with Gasteiger partial charge in [0, 0.05) is 19.1 Å². The maximum atomic E-state index is 13.2. The number of halogens is 1. The summed E-state index contributed by atoms with van der Waals surface area (Å²) in [6.07, 6.45) is 3.91. The third-order valence-corrected chi connectivity index (χ3v) is 3.93.